The van der Waals surface area contributed by atoms with E-state index in [1.165, 1.54) is 16.7 Å². The Morgan fingerprint density at radius 3 is 2.21 bits per heavy atom. The predicted molar refractivity (Wildman–Crippen MR) is 66.6 cm³/mol. The summed E-state index contributed by atoms with van der Waals surface area (Å²) in [5.74, 6) is 0.601. The van der Waals surface area contributed by atoms with Crippen molar-refractivity contribution in [1.82, 2.24) is 0 Å². The first-order chi connectivity index (χ1) is 6.65. The Labute approximate surface area is 88.0 Å². The van der Waals surface area contributed by atoms with Crippen molar-refractivity contribution in [3.8, 4) is 0 Å². The molecule has 0 saturated heterocycles. The molecule has 0 amide bonds. The van der Waals surface area contributed by atoms with E-state index in [1.807, 2.05) is 6.08 Å². The van der Waals surface area contributed by atoms with E-state index in [4.69, 9.17) is 0 Å². The van der Waals surface area contributed by atoms with Crippen LogP contribution in [0.2, 0.25) is 0 Å². The molecule has 0 fully saturated rings. The molecule has 0 N–H and O–H groups in total. The first-order valence-corrected chi connectivity index (χ1v) is 4.88. The molecule has 0 aliphatic heterocycles. The number of hydrogen-bond acceptors (Lipinski definition) is 0. The summed E-state index contributed by atoms with van der Waals surface area (Å²) in [7, 11) is 0. The minimum absolute atomic E-state index is 0.601. The molecule has 14 heavy (non-hydrogen) atoms. The fraction of sp³-hybridized carbons (Fsp3) is 0.286. The number of rotatable bonds is 2. The van der Waals surface area contributed by atoms with Crippen molar-refractivity contribution < 1.29 is 0 Å². The zero-order valence-corrected chi connectivity index (χ0v) is 9.51. The minimum atomic E-state index is 0.601. The molecule has 1 aromatic carbocycles. The topological polar surface area (TPSA) is 0 Å². The van der Waals surface area contributed by atoms with Gasteiger partial charge < -0.3 is 0 Å². The van der Waals surface area contributed by atoms with E-state index in [9.17, 15) is 0 Å². The zero-order valence-electron chi connectivity index (χ0n) is 9.51. The highest BCUT2D eigenvalue weighted by Gasteiger charge is 2.00. The van der Waals surface area contributed by atoms with Gasteiger partial charge in [-0.3, -0.25) is 0 Å². The van der Waals surface area contributed by atoms with Crippen LogP contribution in [0, 0.1) is 6.92 Å². The third-order valence-corrected chi connectivity index (χ3v) is 2.19. The molecule has 0 atom stereocenters. The van der Waals surface area contributed by atoms with E-state index in [2.05, 4.69) is 58.7 Å². The molecule has 0 heterocycles. The van der Waals surface area contributed by atoms with Crippen LogP contribution >= 0.6 is 0 Å². The summed E-state index contributed by atoms with van der Waals surface area (Å²) in [6.45, 7) is 16.3. The van der Waals surface area contributed by atoms with E-state index in [-0.39, 0.29) is 0 Å². The molecular formula is C14H20. The van der Waals surface area contributed by atoms with Crippen LogP contribution in [-0.4, -0.2) is 0 Å². The van der Waals surface area contributed by atoms with Gasteiger partial charge in [0.2, 0.25) is 0 Å². The molecule has 0 bridgehead atoms. The summed E-state index contributed by atoms with van der Waals surface area (Å²) < 4.78 is 0. The van der Waals surface area contributed by atoms with Crippen LogP contribution in [0.3, 0.4) is 0 Å². The van der Waals surface area contributed by atoms with Gasteiger partial charge in [-0.2, -0.15) is 0 Å². The van der Waals surface area contributed by atoms with Gasteiger partial charge in [-0.15, -0.1) is 13.2 Å². The van der Waals surface area contributed by atoms with Gasteiger partial charge in [-0.1, -0.05) is 44.7 Å². The molecule has 0 radical (unpaired) electrons. The van der Waals surface area contributed by atoms with Crippen molar-refractivity contribution in [3.63, 3.8) is 0 Å². The molecule has 1 aromatic rings. The molecule has 0 spiro atoms. The van der Waals surface area contributed by atoms with Gasteiger partial charge in [-0.05, 0) is 29.5 Å². The Kier molecular flexibility index (Phi) is 5.62. The van der Waals surface area contributed by atoms with Crippen LogP contribution in [0.25, 0.3) is 6.08 Å². The van der Waals surface area contributed by atoms with E-state index in [0.717, 1.165) is 0 Å². The summed E-state index contributed by atoms with van der Waals surface area (Å²) in [6, 6.07) is 6.56. The highest BCUT2D eigenvalue weighted by Crippen LogP contribution is 2.18. The molecule has 0 unspecified atom stereocenters. The number of hydrogen-bond donors (Lipinski definition) is 0. The molecule has 0 aliphatic carbocycles. The largest absolute Gasteiger partial charge is 0.106 e. The average molecular weight is 188 g/mol. The van der Waals surface area contributed by atoms with Crippen molar-refractivity contribution in [1.29, 1.82) is 0 Å². The Morgan fingerprint density at radius 2 is 1.79 bits per heavy atom. The highest BCUT2D eigenvalue weighted by atomic mass is 14.1. The second-order valence-corrected chi connectivity index (χ2v) is 3.47. The summed E-state index contributed by atoms with van der Waals surface area (Å²) in [5, 5.41) is 0. The van der Waals surface area contributed by atoms with Crippen LogP contribution in [0.15, 0.2) is 37.9 Å². The normalized spacial score (nSPS) is 9.14. The fourth-order valence-electron chi connectivity index (χ4n) is 1.24. The van der Waals surface area contributed by atoms with E-state index < -0.39 is 0 Å². The lowest BCUT2D eigenvalue weighted by Crippen LogP contribution is -1.89. The third kappa shape index (κ3) is 3.21. The first kappa shape index (κ1) is 12.7. The summed E-state index contributed by atoms with van der Waals surface area (Å²) in [4.78, 5) is 0. The molecule has 0 aliphatic rings. The van der Waals surface area contributed by atoms with Crippen molar-refractivity contribution in [2.45, 2.75) is 26.7 Å². The van der Waals surface area contributed by atoms with Gasteiger partial charge in [0, 0.05) is 0 Å². The maximum atomic E-state index is 3.79. The Balaban J connectivity index is 0.000000791. The standard InChI is InChI=1S/C12H16.C2H4/c1-5-11-8-12(9(2)3)7-6-10(11)4;1-2/h5-9H,1H2,2-4H3;1-2H2. The smallest absolute Gasteiger partial charge is 0.0219 e. The van der Waals surface area contributed by atoms with Gasteiger partial charge in [0.25, 0.3) is 0 Å². The summed E-state index contributed by atoms with van der Waals surface area (Å²) >= 11 is 0. The van der Waals surface area contributed by atoms with Crippen molar-refractivity contribution in [2.24, 2.45) is 0 Å². The van der Waals surface area contributed by atoms with E-state index in [0.29, 0.717) is 5.92 Å². The monoisotopic (exact) mass is 188 g/mol. The van der Waals surface area contributed by atoms with Crippen LogP contribution in [0.1, 0.15) is 36.5 Å². The zero-order chi connectivity index (χ0) is 11.1. The van der Waals surface area contributed by atoms with E-state index >= 15 is 0 Å². The molecule has 76 valence electrons. The second-order valence-electron chi connectivity index (χ2n) is 3.47. The van der Waals surface area contributed by atoms with Crippen molar-refractivity contribution >= 4 is 6.08 Å². The number of benzene rings is 1. The van der Waals surface area contributed by atoms with Crippen LogP contribution in [0.4, 0.5) is 0 Å². The van der Waals surface area contributed by atoms with Gasteiger partial charge in [0.05, 0.1) is 0 Å². The minimum Gasteiger partial charge on any atom is -0.106 e. The summed E-state index contributed by atoms with van der Waals surface area (Å²) in [6.07, 6.45) is 1.92. The Bertz CT molecular complexity index is 295. The average Bonchev–Trinajstić information content (AvgIpc) is 2.21. The lowest BCUT2D eigenvalue weighted by Gasteiger charge is -2.07. The predicted octanol–water partition coefficient (Wildman–Crippen LogP) is 4.56. The van der Waals surface area contributed by atoms with Crippen molar-refractivity contribution in [3.05, 3.63) is 54.6 Å². The molecule has 0 aromatic heterocycles. The maximum Gasteiger partial charge on any atom is -0.0219 e. The Hall–Kier alpha value is -1.30. The van der Waals surface area contributed by atoms with Gasteiger partial charge in [0.1, 0.15) is 0 Å². The van der Waals surface area contributed by atoms with Crippen LogP contribution in [0.5, 0.6) is 0 Å². The lowest BCUT2D eigenvalue weighted by atomic mass is 9.98. The fourth-order valence-corrected chi connectivity index (χ4v) is 1.24. The quantitative estimate of drug-likeness (QED) is 0.597. The third-order valence-electron chi connectivity index (χ3n) is 2.19. The van der Waals surface area contributed by atoms with E-state index in [1.54, 1.807) is 0 Å². The molecule has 0 heteroatoms. The second kappa shape index (κ2) is 6.20. The number of aryl methyl sites for hydroxylation is 1. The van der Waals surface area contributed by atoms with Gasteiger partial charge in [-0.25, -0.2) is 0 Å². The van der Waals surface area contributed by atoms with Crippen LogP contribution < -0.4 is 0 Å². The first-order valence-electron chi connectivity index (χ1n) is 4.88. The molecular weight excluding hydrogens is 168 g/mol. The SMILES string of the molecule is C=C.C=Cc1cc(C(C)C)ccc1C. The highest BCUT2D eigenvalue weighted by molar-refractivity contribution is 5.53. The molecule has 1 rings (SSSR count). The van der Waals surface area contributed by atoms with Gasteiger partial charge in [0.15, 0.2) is 0 Å². The molecule has 0 saturated carbocycles. The lowest BCUT2D eigenvalue weighted by molar-refractivity contribution is 0.865. The Morgan fingerprint density at radius 1 is 1.21 bits per heavy atom. The maximum absolute atomic E-state index is 3.79. The van der Waals surface area contributed by atoms with Crippen LogP contribution in [-0.2, 0) is 0 Å². The molecule has 0 nitrogen and oxygen atoms in total. The summed E-state index contributed by atoms with van der Waals surface area (Å²) in [5.41, 5.74) is 3.94. The van der Waals surface area contributed by atoms with Crippen molar-refractivity contribution in [2.75, 3.05) is 0 Å². The van der Waals surface area contributed by atoms with Gasteiger partial charge >= 0.3 is 0 Å².